The predicted molar refractivity (Wildman–Crippen MR) is 96.0 cm³/mol. The van der Waals surface area contributed by atoms with E-state index in [-0.39, 0.29) is 11.8 Å². The van der Waals surface area contributed by atoms with E-state index in [1.54, 1.807) is 19.4 Å². The summed E-state index contributed by atoms with van der Waals surface area (Å²) in [6, 6.07) is 11.4. The van der Waals surface area contributed by atoms with E-state index in [1.807, 2.05) is 30.3 Å². The number of carbonyl (C=O) groups is 2. The molecule has 0 bridgehead atoms. The topological polar surface area (TPSA) is 80.3 Å². The fraction of sp³-hybridized carbons (Fsp3) is 0.316. The van der Waals surface area contributed by atoms with Gasteiger partial charge in [0.2, 0.25) is 5.91 Å². The zero-order valence-electron chi connectivity index (χ0n) is 14.5. The second-order valence-corrected chi connectivity index (χ2v) is 5.61. The van der Waals surface area contributed by atoms with Gasteiger partial charge in [-0.3, -0.25) is 14.6 Å². The van der Waals surface area contributed by atoms with Gasteiger partial charge in [0, 0.05) is 45.5 Å². The first-order valence-corrected chi connectivity index (χ1v) is 8.17. The van der Waals surface area contributed by atoms with Crippen molar-refractivity contribution in [3.05, 3.63) is 53.9 Å². The van der Waals surface area contributed by atoms with Gasteiger partial charge in [-0.2, -0.15) is 0 Å². The summed E-state index contributed by atoms with van der Waals surface area (Å²) in [6.45, 7) is 3.06. The summed E-state index contributed by atoms with van der Waals surface area (Å²) in [6.07, 6.45) is 2.35. The number of pyridine rings is 1. The van der Waals surface area contributed by atoms with Crippen molar-refractivity contribution in [3.8, 4) is 11.1 Å². The van der Waals surface area contributed by atoms with Gasteiger partial charge in [-0.1, -0.05) is 24.3 Å². The Morgan fingerprint density at radius 2 is 2.00 bits per heavy atom. The highest BCUT2D eigenvalue weighted by Gasteiger charge is 2.14. The van der Waals surface area contributed by atoms with Crippen LogP contribution < -0.4 is 10.6 Å². The summed E-state index contributed by atoms with van der Waals surface area (Å²) < 4.78 is 4.98. The van der Waals surface area contributed by atoms with Gasteiger partial charge >= 0.3 is 0 Å². The molecule has 0 saturated heterocycles. The maximum Gasteiger partial charge on any atom is 0.270 e. The fourth-order valence-corrected chi connectivity index (χ4v) is 2.40. The molecular weight excluding hydrogens is 318 g/mol. The number of benzene rings is 1. The smallest absolute Gasteiger partial charge is 0.270 e. The van der Waals surface area contributed by atoms with Gasteiger partial charge in [-0.15, -0.1) is 0 Å². The highest BCUT2D eigenvalue weighted by atomic mass is 16.5. The average Bonchev–Trinajstić information content (AvgIpc) is 2.63. The van der Waals surface area contributed by atoms with Gasteiger partial charge in [0.1, 0.15) is 5.69 Å². The molecule has 25 heavy (non-hydrogen) atoms. The summed E-state index contributed by atoms with van der Waals surface area (Å²) in [7, 11) is 1.63. The normalized spacial score (nSPS) is 10.3. The maximum absolute atomic E-state index is 12.4. The SMILES string of the molecule is COCCCNC(=O)c1ncccc1-c1cccc(CNC(C)=O)c1. The third kappa shape index (κ3) is 5.69. The van der Waals surface area contributed by atoms with E-state index in [9.17, 15) is 9.59 Å². The van der Waals surface area contributed by atoms with Crippen LogP contribution >= 0.6 is 0 Å². The Bertz CT molecular complexity index is 731. The highest BCUT2D eigenvalue weighted by molar-refractivity contribution is 5.98. The molecule has 0 spiro atoms. The van der Waals surface area contributed by atoms with E-state index in [2.05, 4.69) is 15.6 Å². The van der Waals surface area contributed by atoms with Crippen molar-refractivity contribution in [2.75, 3.05) is 20.3 Å². The number of hydrogen-bond acceptors (Lipinski definition) is 4. The minimum Gasteiger partial charge on any atom is -0.385 e. The van der Waals surface area contributed by atoms with Gasteiger partial charge in [0.15, 0.2) is 0 Å². The zero-order valence-corrected chi connectivity index (χ0v) is 14.5. The summed E-state index contributed by atoms with van der Waals surface area (Å²) in [4.78, 5) is 27.8. The number of hydrogen-bond donors (Lipinski definition) is 2. The zero-order chi connectivity index (χ0) is 18.1. The van der Waals surface area contributed by atoms with Crippen molar-refractivity contribution in [1.29, 1.82) is 0 Å². The molecule has 0 aliphatic rings. The molecule has 0 radical (unpaired) electrons. The summed E-state index contributed by atoms with van der Waals surface area (Å²) in [5, 5.41) is 5.63. The van der Waals surface area contributed by atoms with Crippen LogP contribution in [0.2, 0.25) is 0 Å². The molecule has 0 atom stereocenters. The lowest BCUT2D eigenvalue weighted by Gasteiger charge is -2.11. The van der Waals surface area contributed by atoms with Crippen molar-refractivity contribution in [1.82, 2.24) is 15.6 Å². The highest BCUT2D eigenvalue weighted by Crippen LogP contribution is 2.23. The van der Waals surface area contributed by atoms with Gasteiger partial charge in [-0.05, 0) is 29.7 Å². The van der Waals surface area contributed by atoms with Crippen LogP contribution in [0.5, 0.6) is 0 Å². The summed E-state index contributed by atoms with van der Waals surface area (Å²) in [5.74, 6) is -0.290. The van der Waals surface area contributed by atoms with E-state index >= 15 is 0 Å². The van der Waals surface area contributed by atoms with Crippen molar-refractivity contribution in [2.24, 2.45) is 0 Å². The van der Waals surface area contributed by atoms with Crippen molar-refractivity contribution in [3.63, 3.8) is 0 Å². The number of carbonyl (C=O) groups excluding carboxylic acids is 2. The lowest BCUT2D eigenvalue weighted by Crippen LogP contribution is -2.26. The Morgan fingerprint density at radius 3 is 2.76 bits per heavy atom. The van der Waals surface area contributed by atoms with Crippen LogP contribution in [0.1, 0.15) is 29.4 Å². The number of ether oxygens (including phenoxy) is 1. The lowest BCUT2D eigenvalue weighted by atomic mass is 10.0. The van der Waals surface area contributed by atoms with Crippen LogP contribution in [0.3, 0.4) is 0 Å². The molecule has 132 valence electrons. The first kappa shape index (κ1) is 18.6. The number of rotatable bonds is 8. The molecular formula is C19H23N3O3. The van der Waals surface area contributed by atoms with Gasteiger partial charge in [0.05, 0.1) is 0 Å². The maximum atomic E-state index is 12.4. The minimum atomic E-state index is -0.209. The van der Waals surface area contributed by atoms with E-state index in [0.29, 0.717) is 25.4 Å². The number of nitrogens with zero attached hydrogens (tertiary/aromatic N) is 1. The number of aromatic nitrogens is 1. The van der Waals surface area contributed by atoms with Crippen LogP contribution in [0.25, 0.3) is 11.1 Å². The molecule has 1 aromatic heterocycles. The lowest BCUT2D eigenvalue weighted by molar-refractivity contribution is -0.119. The van der Waals surface area contributed by atoms with Crippen LogP contribution in [0.15, 0.2) is 42.6 Å². The molecule has 2 amide bonds. The molecule has 6 heteroatoms. The van der Waals surface area contributed by atoms with Crippen molar-refractivity contribution in [2.45, 2.75) is 19.9 Å². The van der Waals surface area contributed by atoms with Crippen LogP contribution in [0.4, 0.5) is 0 Å². The van der Waals surface area contributed by atoms with Gasteiger partial charge in [0.25, 0.3) is 5.91 Å². The quantitative estimate of drug-likeness (QED) is 0.721. The minimum absolute atomic E-state index is 0.0806. The molecule has 6 nitrogen and oxygen atoms in total. The molecule has 2 aromatic rings. The molecule has 0 fully saturated rings. The third-order valence-corrected chi connectivity index (χ3v) is 3.61. The van der Waals surface area contributed by atoms with Crippen LogP contribution in [0, 0.1) is 0 Å². The van der Waals surface area contributed by atoms with Gasteiger partial charge in [-0.25, -0.2) is 0 Å². The monoisotopic (exact) mass is 341 g/mol. The Labute approximate surface area is 147 Å². The first-order chi connectivity index (χ1) is 12.1. The molecule has 0 unspecified atom stereocenters. The Morgan fingerprint density at radius 1 is 1.16 bits per heavy atom. The van der Waals surface area contributed by atoms with Crippen LogP contribution in [-0.2, 0) is 16.1 Å². The number of amides is 2. The molecule has 0 aliphatic heterocycles. The first-order valence-electron chi connectivity index (χ1n) is 8.17. The van der Waals surface area contributed by atoms with E-state index in [0.717, 1.165) is 23.1 Å². The number of nitrogens with one attached hydrogen (secondary N) is 2. The molecule has 1 aromatic carbocycles. The van der Waals surface area contributed by atoms with Crippen molar-refractivity contribution >= 4 is 11.8 Å². The largest absolute Gasteiger partial charge is 0.385 e. The van der Waals surface area contributed by atoms with Crippen molar-refractivity contribution < 1.29 is 14.3 Å². The molecule has 2 rings (SSSR count). The van der Waals surface area contributed by atoms with E-state index in [4.69, 9.17) is 4.74 Å². The molecule has 0 saturated carbocycles. The van der Waals surface area contributed by atoms with E-state index in [1.165, 1.54) is 6.92 Å². The molecule has 2 N–H and O–H groups in total. The standard InChI is InChI=1S/C19H23N3O3/c1-14(23)22-13-15-6-3-7-16(12-15)17-8-4-9-20-18(17)19(24)21-10-5-11-25-2/h3-4,6-9,12H,5,10-11,13H2,1-2H3,(H,21,24)(H,22,23). The Hall–Kier alpha value is -2.73. The predicted octanol–water partition coefficient (Wildman–Crippen LogP) is 2.15. The fourth-order valence-electron chi connectivity index (χ4n) is 2.40. The average molecular weight is 341 g/mol. The van der Waals surface area contributed by atoms with Gasteiger partial charge < -0.3 is 15.4 Å². The van der Waals surface area contributed by atoms with Crippen LogP contribution in [-0.4, -0.2) is 37.1 Å². The Balaban J connectivity index is 2.18. The van der Waals surface area contributed by atoms with E-state index < -0.39 is 0 Å². The molecule has 0 aliphatic carbocycles. The number of methoxy groups -OCH3 is 1. The molecule has 1 heterocycles. The second-order valence-electron chi connectivity index (χ2n) is 5.61. The summed E-state index contributed by atoms with van der Waals surface area (Å²) >= 11 is 0. The third-order valence-electron chi connectivity index (χ3n) is 3.61. The second kappa shape index (κ2) is 9.54. The summed E-state index contributed by atoms with van der Waals surface area (Å²) in [5.41, 5.74) is 2.99. The Kier molecular flexibility index (Phi) is 7.10.